The summed E-state index contributed by atoms with van der Waals surface area (Å²) in [6, 6.07) is 3.27. The van der Waals surface area contributed by atoms with Crippen LogP contribution in [-0.4, -0.2) is 30.2 Å². The molecule has 0 aromatic heterocycles. The number of Topliss-reactive ketones (excluding diaryl/α,β-unsaturated/α-hetero) is 1. The molecule has 0 radical (unpaired) electrons. The molecule has 0 saturated carbocycles. The fraction of sp³-hybridized carbons (Fsp3) is 0.0909. The molecule has 98 valence electrons. The van der Waals surface area contributed by atoms with Gasteiger partial charge in [-0.2, -0.15) is 0 Å². The third kappa shape index (κ3) is 2.41. The lowest BCUT2D eigenvalue weighted by atomic mass is 10.1. The number of hydrogen-bond acceptors (Lipinski definition) is 4. The van der Waals surface area contributed by atoms with Crippen LogP contribution in [0.2, 0.25) is 5.02 Å². The molecule has 0 atom stereocenters. The van der Waals surface area contributed by atoms with Gasteiger partial charge in [0.25, 0.3) is 11.7 Å². The highest BCUT2D eigenvalue weighted by atomic mass is 35.5. The van der Waals surface area contributed by atoms with E-state index in [-0.39, 0.29) is 11.3 Å². The van der Waals surface area contributed by atoms with Gasteiger partial charge in [-0.3, -0.25) is 24.6 Å². The Morgan fingerprint density at radius 1 is 1.32 bits per heavy atom. The van der Waals surface area contributed by atoms with Crippen LogP contribution in [0.3, 0.4) is 0 Å². The molecular formula is C11H8ClN3O4. The molecule has 4 amide bonds. The van der Waals surface area contributed by atoms with Gasteiger partial charge in [-0.15, -0.1) is 0 Å². The molecule has 2 rings (SSSR count). The van der Waals surface area contributed by atoms with E-state index in [4.69, 9.17) is 17.3 Å². The van der Waals surface area contributed by atoms with Gasteiger partial charge < -0.3 is 5.73 Å². The Bertz CT molecular complexity index is 614. The van der Waals surface area contributed by atoms with Gasteiger partial charge in [0, 0.05) is 5.02 Å². The normalized spacial score (nSPS) is 13.4. The van der Waals surface area contributed by atoms with Crippen molar-refractivity contribution in [1.29, 1.82) is 0 Å². The number of carbonyl (C=O) groups excluding carboxylic acids is 4. The number of ketones is 1. The average Bonchev–Trinajstić information content (AvgIpc) is 2.53. The largest absolute Gasteiger partial charge is 0.351 e. The molecule has 1 heterocycles. The van der Waals surface area contributed by atoms with Crippen LogP contribution in [-0.2, 0) is 9.59 Å². The Morgan fingerprint density at radius 2 is 2.00 bits per heavy atom. The van der Waals surface area contributed by atoms with Crippen molar-refractivity contribution >= 4 is 40.9 Å². The van der Waals surface area contributed by atoms with Gasteiger partial charge in [-0.1, -0.05) is 11.6 Å². The predicted molar refractivity (Wildman–Crippen MR) is 65.9 cm³/mol. The van der Waals surface area contributed by atoms with Crippen molar-refractivity contribution in [3.05, 3.63) is 28.8 Å². The SMILES string of the molecule is NC(=O)NC(=O)CN1C(=O)C(=O)c2cc(Cl)ccc21. The second kappa shape index (κ2) is 4.69. The van der Waals surface area contributed by atoms with Crippen LogP contribution in [0.5, 0.6) is 0 Å². The molecule has 1 aliphatic heterocycles. The fourth-order valence-corrected chi connectivity index (χ4v) is 1.92. The molecule has 0 bridgehead atoms. The standard InChI is InChI=1S/C11H8ClN3O4/c12-5-1-2-7-6(3-5)9(17)10(18)15(7)4-8(16)14-11(13)19/h1-3H,4H2,(H3,13,14,16,19). The number of nitrogens with zero attached hydrogens (tertiary/aromatic N) is 1. The molecule has 1 aliphatic rings. The minimum atomic E-state index is -1.03. The second-order valence-corrected chi connectivity index (χ2v) is 4.23. The number of anilines is 1. The van der Waals surface area contributed by atoms with Gasteiger partial charge in [0.05, 0.1) is 11.3 Å². The minimum Gasteiger partial charge on any atom is -0.351 e. The topological polar surface area (TPSA) is 110 Å². The maximum atomic E-state index is 11.7. The van der Waals surface area contributed by atoms with Crippen molar-refractivity contribution in [2.24, 2.45) is 5.73 Å². The summed E-state index contributed by atoms with van der Waals surface area (Å²) >= 11 is 5.74. The Hall–Kier alpha value is -2.41. The summed E-state index contributed by atoms with van der Waals surface area (Å²) in [5, 5.41) is 2.12. The second-order valence-electron chi connectivity index (χ2n) is 3.79. The number of amides is 4. The van der Waals surface area contributed by atoms with E-state index >= 15 is 0 Å². The lowest BCUT2D eigenvalue weighted by Gasteiger charge is -2.15. The van der Waals surface area contributed by atoms with E-state index in [9.17, 15) is 19.2 Å². The van der Waals surface area contributed by atoms with Crippen LogP contribution in [0.15, 0.2) is 18.2 Å². The highest BCUT2D eigenvalue weighted by molar-refractivity contribution is 6.53. The van der Waals surface area contributed by atoms with Crippen LogP contribution >= 0.6 is 11.6 Å². The van der Waals surface area contributed by atoms with Crippen LogP contribution in [0.4, 0.5) is 10.5 Å². The van der Waals surface area contributed by atoms with Gasteiger partial charge in [-0.25, -0.2) is 4.79 Å². The van der Waals surface area contributed by atoms with Gasteiger partial charge in [0.15, 0.2) is 0 Å². The first-order chi connectivity index (χ1) is 8.90. The zero-order valence-electron chi connectivity index (χ0n) is 9.47. The Balaban J connectivity index is 2.29. The fourth-order valence-electron chi connectivity index (χ4n) is 1.75. The monoisotopic (exact) mass is 281 g/mol. The van der Waals surface area contributed by atoms with Crippen molar-refractivity contribution in [2.45, 2.75) is 0 Å². The lowest BCUT2D eigenvalue weighted by Crippen LogP contribution is -2.44. The van der Waals surface area contributed by atoms with E-state index in [0.717, 1.165) is 4.90 Å². The molecule has 8 heteroatoms. The van der Waals surface area contributed by atoms with Crippen molar-refractivity contribution in [2.75, 3.05) is 11.4 Å². The Kier molecular flexibility index (Phi) is 3.22. The molecule has 0 spiro atoms. The van der Waals surface area contributed by atoms with E-state index in [0.29, 0.717) is 5.02 Å². The molecule has 1 aromatic carbocycles. The molecule has 0 fully saturated rings. The zero-order chi connectivity index (χ0) is 14.2. The third-order valence-electron chi connectivity index (χ3n) is 2.50. The molecule has 3 N–H and O–H groups in total. The maximum Gasteiger partial charge on any atom is 0.318 e. The smallest absolute Gasteiger partial charge is 0.318 e. The number of nitrogens with two attached hydrogens (primary N) is 1. The summed E-state index contributed by atoms with van der Waals surface area (Å²) in [7, 11) is 0. The highest BCUT2D eigenvalue weighted by Gasteiger charge is 2.36. The Labute approximate surface area is 112 Å². The number of urea groups is 1. The maximum absolute atomic E-state index is 11.7. The summed E-state index contributed by atoms with van der Waals surface area (Å²) in [4.78, 5) is 46.3. The number of imide groups is 1. The van der Waals surface area contributed by atoms with E-state index in [2.05, 4.69) is 0 Å². The molecule has 19 heavy (non-hydrogen) atoms. The number of nitrogens with one attached hydrogen (secondary N) is 1. The van der Waals surface area contributed by atoms with E-state index in [1.165, 1.54) is 18.2 Å². The molecule has 1 aromatic rings. The number of rotatable bonds is 2. The minimum absolute atomic E-state index is 0.129. The third-order valence-corrected chi connectivity index (χ3v) is 2.73. The van der Waals surface area contributed by atoms with Gasteiger partial charge in [0.2, 0.25) is 5.91 Å². The highest BCUT2D eigenvalue weighted by Crippen LogP contribution is 2.30. The van der Waals surface area contributed by atoms with Crippen molar-refractivity contribution < 1.29 is 19.2 Å². The first-order valence-corrected chi connectivity index (χ1v) is 5.53. The van der Waals surface area contributed by atoms with Crippen molar-refractivity contribution in [3.63, 3.8) is 0 Å². The first kappa shape index (κ1) is 13.0. The molecule has 7 nitrogen and oxygen atoms in total. The molecular weight excluding hydrogens is 274 g/mol. The van der Waals surface area contributed by atoms with E-state index < -0.39 is 30.2 Å². The number of benzene rings is 1. The van der Waals surface area contributed by atoms with Crippen molar-refractivity contribution in [1.82, 2.24) is 5.32 Å². The summed E-state index contributed by atoms with van der Waals surface area (Å²) in [6.07, 6.45) is 0. The molecule has 0 aliphatic carbocycles. The van der Waals surface area contributed by atoms with Crippen molar-refractivity contribution in [3.8, 4) is 0 Å². The van der Waals surface area contributed by atoms with Crippen LogP contribution < -0.4 is 16.0 Å². The summed E-state index contributed by atoms with van der Waals surface area (Å²) < 4.78 is 0. The number of hydrogen-bond donors (Lipinski definition) is 2. The number of primary amides is 1. The van der Waals surface area contributed by atoms with Crippen LogP contribution in [0.25, 0.3) is 0 Å². The van der Waals surface area contributed by atoms with E-state index in [1.54, 1.807) is 0 Å². The predicted octanol–water partition coefficient (Wildman–Crippen LogP) is 0.0642. The molecule has 0 saturated heterocycles. The average molecular weight is 282 g/mol. The van der Waals surface area contributed by atoms with Gasteiger partial charge in [0.1, 0.15) is 6.54 Å². The number of halogens is 1. The first-order valence-electron chi connectivity index (χ1n) is 5.15. The quantitative estimate of drug-likeness (QED) is 0.747. The van der Waals surface area contributed by atoms with Gasteiger partial charge in [-0.05, 0) is 18.2 Å². The van der Waals surface area contributed by atoms with Crippen LogP contribution in [0.1, 0.15) is 10.4 Å². The van der Waals surface area contributed by atoms with Gasteiger partial charge >= 0.3 is 6.03 Å². The number of fused-ring (bicyclic) bond motifs is 1. The number of carbonyl (C=O) groups is 4. The summed E-state index contributed by atoms with van der Waals surface area (Å²) in [5.74, 6) is -2.38. The van der Waals surface area contributed by atoms with E-state index in [1.807, 2.05) is 5.32 Å². The lowest BCUT2D eigenvalue weighted by molar-refractivity contribution is -0.121. The van der Waals surface area contributed by atoms with Crippen LogP contribution in [0, 0.1) is 0 Å². The zero-order valence-corrected chi connectivity index (χ0v) is 10.2. The Morgan fingerprint density at radius 3 is 2.63 bits per heavy atom. The summed E-state index contributed by atoms with van der Waals surface area (Å²) in [6.45, 7) is -0.470. The summed E-state index contributed by atoms with van der Waals surface area (Å²) in [5.41, 5.74) is 5.19. The molecule has 0 unspecified atom stereocenters.